The average molecular weight is 350 g/mol. The molecule has 6 heteroatoms. The van der Waals surface area contributed by atoms with Gasteiger partial charge in [0, 0.05) is 29.2 Å². The summed E-state index contributed by atoms with van der Waals surface area (Å²) in [6.07, 6.45) is 1.71. The maximum Gasteiger partial charge on any atom is 0.339 e. The summed E-state index contributed by atoms with van der Waals surface area (Å²) < 4.78 is 5.17. The molecule has 0 bridgehead atoms. The van der Waals surface area contributed by atoms with Crippen LogP contribution in [0.1, 0.15) is 56.6 Å². The SMILES string of the molecule is CCOC(=O)c1cc(-c2cnc(Cl)cc2NC(C)C)[nH]c1C(C)C. The Morgan fingerprint density at radius 3 is 2.62 bits per heavy atom. The molecule has 0 fully saturated rings. The van der Waals surface area contributed by atoms with Crippen LogP contribution in [0.4, 0.5) is 5.69 Å². The maximum atomic E-state index is 12.2. The molecule has 2 rings (SSSR count). The molecule has 0 unspecified atom stereocenters. The summed E-state index contributed by atoms with van der Waals surface area (Å²) >= 11 is 6.03. The van der Waals surface area contributed by atoms with Crippen molar-refractivity contribution < 1.29 is 9.53 Å². The van der Waals surface area contributed by atoms with E-state index in [-0.39, 0.29) is 17.9 Å². The molecule has 0 saturated carbocycles. The lowest BCUT2D eigenvalue weighted by atomic mass is 10.1. The van der Waals surface area contributed by atoms with E-state index in [2.05, 4.69) is 29.1 Å². The molecule has 2 N–H and O–H groups in total. The fourth-order valence-corrected chi connectivity index (χ4v) is 2.68. The largest absolute Gasteiger partial charge is 0.462 e. The highest BCUT2D eigenvalue weighted by Crippen LogP contribution is 2.32. The van der Waals surface area contributed by atoms with E-state index in [4.69, 9.17) is 16.3 Å². The number of rotatable bonds is 6. The van der Waals surface area contributed by atoms with Crippen molar-refractivity contribution in [1.29, 1.82) is 0 Å². The minimum absolute atomic E-state index is 0.167. The van der Waals surface area contributed by atoms with Gasteiger partial charge < -0.3 is 15.0 Å². The van der Waals surface area contributed by atoms with Gasteiger partial charge in [-0.3, -0.25) is 0 Å². The first-order valence-corrected chi connectivity index (χ1v) is 8.53. The van der Waals surface area contributed by atoms with Crippen molar-refractivity contribution in [2.45, 2.75) is 46.6 Å². The number of hydrogen-bond acceptors (Lipinski definition) is 4. The number of carbonyl (C=O) groups is 1. The normalized spacial score (nSPS) is 11.2. The van der Waals surface area contributed by atoms with Crippen molar-refractivity contribution in [2.75, 3.05) is 11.9 Å². The van der Waals surface area contributed by atoms with Crippen LogP contribution in [0.2, 0.25) is 5.15 Å². The summed E-state index contributed by atoms with van der Waals surface area (Å²) in [5.74, 6) is -0.149. The number of nitrogens with zero attached hydrogens (tertiary/aromatic N) is 1. The van der Waals surface area contributed by atoms with Crippen molar-refractivity contribution in [3.8, 4) is 11.3 Å². The Hall–Kier alpha value is -2.01. The summed E-state index contributed by atoms with van der Waals surface area (Å²) in [6, 6.07) is 3.85. The number of aromatic amines is 1. The summed E-state index contributed by atoms with van der Waals surface area (Å²) in [7, 11) is 0. The smallest absolute Gasteiger partial charge is 0.339 e. The van der Waals surface area contributed by atoms with Crippen LogP contribution in [-0.2, 0) is 4.74 Å². The average Bonchev–Trinajstić information content (AvgIpc) is 2.92. The van der Waals surface area contributed by atoms with Crippen LogP contribution < -0.4 is 5.32 Å². The van der Waals surface area contributed by atoms with Crippen molar-refractivity contribution in [1.82, 2.24) is 9.97 Å². The summed E-state index contributed by atoms with van der Waals surface area (Å²) in [6.45, 7) is 10.3. The molecule has 0 aliphatic carbocycles. The quantitative estimate of drug-likeness (QED) is 0.577. The van der Waals surface area contributed by atoms with E-state index in [1.54, 1.807) is 19.2 Å². The standard InChI is InChI=1S/C18H24ClN3O2/c1-6-24-18(23)12-7-14(22-17(12)10(2)3)13-9-20-16(19)8-15(13)21-11(4)5/h7-11,22H,6H2,1-5H3,(H,20,21). The van der Waals surface area contributed by atoms with Gasteiger partial charge in [-0.2, -0.15) is 0 Å². The Kier molecular flexibility index (Phi) is 5.89. The first-order chi connectivity index (χ1) is 11.3. The van der Waals surface area contributed by atoms with Crippen LogP contribution in [-0.4, -0.2) is 28.6 Å². The molecule has 0 atom stereocenters. The van der Waals surface area contributed by atoms with Gasteiger partial charge in [0.25, 0.3) is 0 Å². The van der Waals surface area contributed by atoms with Crippen LogP contribution in [0.25, 0.3) is 11.3 Å². The Morgan fingerprint density at radius 1 is 1.33 bits per heavy atom. The van der Waals surface area contributed by atoms with Crippen LogP contribution >= 0.6 is 11.6 Å². The molecule has 0 aromatic carbocycles. The first kappa shape index (κ1) is 18.3. The lowest BCUT2D eigenvalue weighted by molar-refractivity contribution is 0.0525. The fourth-order valence-electron chi connectivity index (χ4n) is 2.52. The molecular formula is C18H24ClN3O2. The highest BCUT2D eigenvalue weighted by molar-refractivity contribution is 6.29. The third kappa shape index (κ3) is 4.09. The van der Waals surface area contributed by atoms with Gasteiger partial charge in [0.05, 0.1) is 17.9 Å². The summed E-state index contributed by atoms with van der Waals surface area (Å²) in [5.41, 5.74) is 3.97. The molecular weight excluding hydrogens is 326 g/mol. The minimum atomic E-state index is -0.316. The minimum Gasteiger partial charge on any atom is -0.462 e. The zero-order valence-corrected chi connectivity index (χ0v) is 15.5. The van der Waals surface area contributed by atoms with Gasteiger partial charge in [-0.05, 0) is 38.8 Å². The predicted molar refractivity (Wildman–Crippen MR) is 97.8 cm³/mol. The number of esters is 1. The van der Waals surface area contributed by atoms with E-state index in [1.807, 2.05) is 19.9 Å². The van der Waals surface area contributed by atoms with Crippen LogP contribution in [0.5, 0.6) is 0 Å². The number of aromatic nitrogens is 2. The monoisotopic (exact) mass is 349 g/mol. The van der Waals surface area contributed by atoms with Gasteiger partial charge >= 0.3 is 5.97 Å². The number of ether oxygens (including phenoxy) is 1. The van der Waals surface area contributed by atoms with Gasteiger partial charge in [-0.25, -0.2) is 9.78 Å². The molecule has 5 nitrogen and oxygen atoms in total. The Labute approximate surface area is 147 Å². The van der Waals surface area contributed by atoms with Crippen molar-refractivity contribution >= 4 is 23.3 Å². The molecule has 24 heavy (non-hydrogen) atoms. The zero-order chi connectivity index (χ0) is 17.9. The van der Waals surface area contributed by atoms with Crippen molar-refractivity contribution in [3.05, 3.63) is 34.7 Å². The molecule has 2 aromatic heterocycles. The second kappa shape index (κ2) is 7.71. The van der Waals surface area contributed by atoms with Gasteiger partial charge in [-0.1, -0.05) is 25.4 Å². The molecule has 130 valence electrons. The second-order valence-electron chi connectivity index (χ2n) is 6.24. The molecule has 0 saturated heterocycles. The zero-order valence-electron chi connectivity index (χ0n) is 14.7. The van der Waals surface area contributed by atoms with Gasteiger partial charge in [0.2, 0.25) is 0 Å². The topological polar surface area (TPSA) is 67.0 Å². The fraction of sp³-hybridized carbons (Fsp3) is 0.444. The number of carbonyl (C=O) groups excluding carboxylic acids is 1. The third-order valence-corrected chi connectivity index (χ3v) is 3.73. The van der Waals surface area contributed by atoms with E-state index < -0.39 is 0 Å². The van der Waals surface area contributed by atoms with E-state index >= 15 is 0 Å². The second-order valence-corrected chi connectivity index (χ2v) is 6.62. The molecule has 0 aliphatic rings. The van der Waals surface area contributed by atoms with Crippen molar-refractivity contribution in [3.63, 3.8) is 0 Å². The number of H-pyrrole nitrogens is 1. The Morgan fingerprint density at radius 2 is 2.04 bits per heavy atom. The molecule has 0 amide bonds. The first-order valence-electron chi connectivity index (χ1n) is 8.15. The van der Waals surface area contributed by atoms with Crippen LogP contribution in [0.15, 0.2) is 18.3 Å². The lowest BCUT2D eigenvalue weighted by Gasteiger charge is -2.14. The highest BCUT2D eigenvalue weighted by Gasteiger charge is 2.21. The number of halogens is 1. The summed E-state index contributed by atoms with van der Waals surface area (Å²) in [4.78, 5) is 19.8. The number of nitrogens with one attached hydrogen (secondary N) is 2. The van der Waals surface area contributed by atoms with E-state index in [9.17, 15) is 4.79 Å². The Bertz CT molecular complexity index is 723. The maximum absolute atomic E-state index is 12.2. The van der Waals surface area contributed by atoms with E-state index in [0.29, 0.717) is 17.3 Å². The number of anilines is 1. The molecule has 0 spiro atoms. The summed E-state index contributed by atoms with van der Waals surface area (Å²) in [5, 5.41) is 3.78. The van der Waals surface area contributed by atoms with Gasteiger partial charge in [-0.15, -0.1) is 0 Å². The Balaban J connectivity index is 2.53. The lowest BCUT2D eigenvalue weighted by Crippen LogP contribution is -2.10. The van der Waals surface area contributed by atoms with Gasteiger partial charge in [0.15, 0.2) is 0 Å². The van der Waals surface area contributed by atoms with E-state index in [0.717, 1.165) is 22.6 Å². The molecule has 2 aromatic rings. The van der Waals surface area contributed by atoms with Crippen molar-refractivity contribution in [2.24, 2.45) is 0 Å². The highest BCUT2D eigenvalue weighted by atomic mass is 35.5. The number of hydrogen-bond donors (Lipinski definition) is 2. The van der Waals surface area contributed by atoms with Crippen LogP contribution in [0.3, 0.4) is 0 Å². The molecule has 2 heterocycles. The third-order valence-electron chi connectivity index (χ3n) is 3.53. The molecule has 0 aliphatic heterocycles. The van der Waals surface area contributed by atoms with Gasteiger partial charge in [0.1, 0.15) is 5.15 Å². The number of pyridine rings is 1. The molecule has 0 radical (unpaired) electrons. The predicted octanol–water partition coefficient (Wildman–Crippen LogP) is 4.85. The van der Waals surface area contributed by atoms with E-state index in [1.165, 1.54) is 0 Å². The van der Waals surface area contributed by atoms with Crippen LogP contribution in [0, 0.1) is 0 Å².